The van der Waals surface area contributed by atoms with Gasteiger partial charge in [0.1, 0.15) is 0 Å². The molecule has 0 nitrogen and oxygen atoms in total. The quantitative estimate of drug-likeness (QED) is 0.418. The fourth-order valence-corrected chi connectivity index (χ4v) is 9.09. The molecule has 0 aromatic rings. The van der Waals surface area contributed by atoms with E-state index in [1.54, 1.807) is 12.8 Å². The highest BCUT2D eigenvalue weighted by molar-refractivity contribution is 5.22. The lowest BCUT2D eigenvalue weighted by atomic mass is 9.44. The first kappa shape index (κ1) is 20.7. The van der Waals surface area contributed by atoms with E-state index >= 15 is 0 Å². The SMILES string of the molecule is C=C(C)C(=C)CC[C@@H](C)[C@H]1CC[C@H]2[C@@H]3CCC4CCCC[C@]4(C)[C@H]3CC[C@]12C. The van der Waals surface area contributed by atoms with Crippen molar-refractivity contribution in [3.05, 3.63) is 24.3 Å². The van der Waals surface area contributed by atoms with Crippen LogP contribution in [0.15, 0.2) is 24.3 Å². The first-order chi connectivity index (χ1) is 13.3. The highest BCUT2D eigenvalue weighted by Crippen LogP contribution is 2.68. The predicted octanol–water partition coefficient (Wildman–Crippen LogP) is 8.58. The van der Waals surface area contributed by atoms with E-state index in [-0.39, 0.29) is 0 Å². The van der Waals surface area contributed by atoms with E-state index < -0.39 is 0 Å². The van der Waals surface area contributed by atoms with Crippen molar-refractivity contribution in [2.24, 2.45) is 46.3 Å². The molecule has 8 atom stereocenters. The minimum atomic E-state index is 0.614. The maximum atomic E-state index is 4.25. The molecule has 4 saturated carbocycles. The predicted molar refractivity (Wildman–Crippen MR) is 122 cm³/mol. The average Bonchev–Trinajstić information content (AvgIpc) is 3.02. The maximum Gasteiger partial charge on any atom is -0.0264 e. The average molecular weight is 383 g/mol. The van der Waals surface area contributed by atoms with Crippen molar-refractivity contribution in [3.63, 3.8) is 0 Å². The van der Waals surface area contributed by atoms with Crippen LogP contribution >= 0.6 is 0 Å². The third-order valence-corrected chi connectivity index (χ3v) is 10.8. The molecule has 4 aliphatic carbocycles. The minimum Gasteiger partial charge on any atom is -0.0959 e. The normalized spacial score (nSPS) is 46.2. The van der Waals surface area contributed by atoms with Gasteiger partial charge < -0.3 is 0 Å². The molecule has 0 aromatic carbocycles. The Kier molecular flexibility index (Phi) is 5.65. The molecule has 0 N–H and O–H groups in total. The molecule has 4 fully saturated rings. The molecule has 0 heteroatoms. The zero-order valence-electron chi connectivity index (χ0n) is 19.4. The number of allylic oxidation sites excluding steroid dienone is 2. The van der Waals surface area contributed by atoms with Crippen LogP contribution in [0.4, 0.5) is 0 Å². The summed E-state index contributed by atoms with van der Waals surface area (Å²) in [4.78, 5) is 0. The van der Waals surface area contributed by atoms with Gasteiger partial charge in [-0.05, 0) is 117 Å². The van der Waals surface area contributed by atoms with Crippen LogP contribution < -0.4 is 0 Å². The molecule has 4 rings (SSSR count). The zero-order valence-corrected chi connectivity index (χ0v) is 19.4. The Hall–Kier alpha value is -0.520. The molecule has 158 valence electrons. The molecule has 0 radical (unpaired) electrons. The van der Waals surface area contributed by atoms with Gasteiger partial charge in [-0.2, -0.15) is 0 Å². The van der Waals surface area contributed by atoms with Crippen LogP contribution in [-0.2, 0) is 0 Å². The fourth-order valence-electron chi connectivity index (χ4n) is 9.09. The summed E-state index contributed by atoms with van der Waals surface area (Å²) in [6.07, 6.45) is 17.7. The van der Waals surface area contributed by atoms with Crippen molar-refractivity contribution in [2.75, 3.05) is 0 Å². The van der Waals surface area contributed by atoms with E-state index in [0.29, 0.717) is 10.8 Å². The van der Waals surface area contributed by atoms with E-state index in [4.69, 9.17) is 0 Å². The van der Waals surface area contributed by atoms with Gasteiger partial charge in [0, 0.05) is 0 Å². The monoisotopic (exact) mass is 382 g/mol. The molecule has 0 aromatic heterocycles. The molecule has 0 heterocycles. The smallest absolute Gasteiger partial charge is 0.0264 e. The number of hydrogen-bond acceptors (Lipinski definition) is 0. The molecule has 0 bridgehead atoms. The summed E-state index contributed by atoms with van der Waals surface area (Å²) >= 11 is 0. The number of fused-ring (bicyclic) bond motifs is 5. The number of rotatable bonds is 5. The summed E-state index contributed by atoms with van der Waals surface area (Å²) < 4.78 is 0. The van der Waals surface area contributed by atoms with Gasteiger partial charge in [0.15, 0.2) is 0 Å². The molecular formula is C28H46. The van der Waals surface area contributed by atoms with E-state index in [1.165, 1.54) is 68.9 Å². The van der Waals surface area contributed by atoms with Crippen LogP contribution in [0, 0.1) is 46.3 Å². The Morgan fingerprint density at radius 3 is 2.39 bits per heavy atom. The van der Waals surface area contributed by atoms with Crippen molar-refractivity contribution < 1.29 is 0 Å². The standard InChI is InChI=1S/C28H46/c1-19(2)20(3)10-11-21(4)24-14-15-25-23-13-12-22-9-7-8-17-27(22,5)26(23)16-18-28(24,25)6/h21-26H,1,3,7-18H2,2,4-6H3/t21-,22?,23+,24-,25+,26+,27+,28-/m1/s1. The molecule has 0 saturated heterocycles. The van der Waals surface area contributed by atoms with Crippen molar-refractivity contribution in [1.29, 1.82) is 0 Å². The molecule has 1 unspecified atom stereocenters. The topological polar surface area (TPSA) is 0 Å². The van der Waals surface area contributed by atoms with E-state index in [9.17, 15) is 0 Å². The highest BCUT2D eigenvalue weighted by Gasteiger charge is 2.59. The Morgan fingerprint density at radius 2 is 1.64 bits per heavy atom. The molecule has 0 amide bonds. The fraction of sp³-hybridized carbons (Fsp3) is 0.857. The summed E-state index contributed by atoms with van der Waals surface area (Å²) in [5.74, 6) is 5.93. The first-order valence-corrected chi connectivity index (χ1v) is 12.6. The Balaban J connectivity index is 1.47. The van der Waals surface area contributed by atoms with Crippen LogP contribution in [0.1, 0.15) is 105 Å². The molecule has 0 spiro atoms. The van der Waals surface area contributed by atoms with Gasteiger partial charge in [-0.15, -0.1) is 0 Å². The molecule has 28 heavy (non-hydrogen) atoms. The summed E-state index contributed by atoms with van der Waals surface area (Å²) in [5.41, 5.74) is 3.76. The van der Waals surface area contributed by atoms with Gasteiger partial charge in [0.2, 0.25) is 0 Å². The van der Waals surface area contributed by atoms with Crippen LogP contribution in [0.3, 0.4) is 0 Å². The lowest BCUT2D eigenvalue weighted by Crippen LogP contribution is -2.53. The van der Waals surface area contributed by atoms with Crippen molar-refractivity contribution in [3.8, 4) is 0 Å². The Labute approximate surface area is 175 Å². The summed E-state index contributed by atoms with van der Waals surface area (Å²) in [7, 11) is 0. The largest absolute Gasteiger partial charge is 0.0959 e. The van der Waals surface area contributed by atoms with Crippen molar-refractivity contribution >= 4 is 0 Å². The van der Waals surface area contributed by atoms with Gasteiger partial charge >= 0.3 is 0 Å². The van der Waals surface area contributed by atoms with E-state index in [1.807, 2.05) is 0 Å². The van der Waals surface area contributed by atoms with Gasteiger partial charge in [-0.1, -0.05) is 57.9 Å². The van der Waals surface area contributed by atoms with Gasteiger partial charge in [-0.3, -0.25) is 0 Å². The van der Waals surface area contributed by atoms with Crippen LogP contribution in [0.5, 0.6) is 0 Å². The van der Waals surface area contributed by atoms with Crippen LogP contribution in [-0.4, -0.2) is 0 Å². The summed E-state index contributed by atoms with van der Waals surface area (Å²) in [6, 6.07) is 0. The lowest BCUT2D eigenvalue weighted by Gasteiger charge is -2.61. The second-order valence-corrected chi connectivity index (χ2v) is 12.0. The number of hydrogen-bond donors (Lipinski definition) is 0. The molecule has 4 aliphatic rings. The van der Waals surface area contributed by atoms with Crippen LogP contribution in [0.25, 0.3) is 0 Å². The third kappa shape index (κ3) is 3.26. The van der Waals surface area contributed by atoms with Gasteiger partial charge in [0.25, 0.3) is 0 Å². The Bertz CT molecular complexity index is 614. The summed E-state index contributed by atoms with van der Waals surface area (Å²) in [5, 5.41) is 0. The van der Waals surface area contributed by atoms with Gasteiger partial charge in [-0.25, -0.2) is 0 Å². The highest BCUT2D eigenvalue weighted by atomic mass is 14.6. The zero-order chi connectivity index (χ0) is 20.1. The third-order valence-electron chi connectivity index (χ3n) is 10.8. The van der Waals surface area contributed by atoms with Crippen molar-refractivity contribution in [1.82, 2.24) is 0 Å². The van der Waals surface area contributed by atoms with Crippen LogP contribution in [0.2, 0.25) is 0 Å². The second-order valence-electron chi connectivity index (χ2n) is 12.0. The first-order valence-electron chi connectivity index (χ1n) is 12.6. The van der Waals surface area contributed by atoms with Gasteiger partial charge in [0.05, 0.1) is 0 Å². The molecular weight excluding hydrogens is 336 g/mol. The second kappa shape index (κ2) is 7.63. The summed E-state index contributed by atoms with van der Waals surface area (Å²) in [6.45, 7) is 18.4. The molecule has 0 aliphatic heterocycles. The maximum absolute atomic E-state index is 4.25. The lowest BCUT2D eigenvalue weighted by molar-refractivity contribution is -0.114. The Morgan fingerprint density at radius 1 is 0.893 bits per heavy atom. The van der Waals surface area contributed by atoms with Crippen molar-refractivity contribution in [2.45, 2.75) is 105 Å². The van der Waals surface area contributed by atoms with E-state index in [0.717, 1.165) is 41.9 Å². The minimum absolute atomic E-state index is 0.614. The van der Waals surface area contributed by atoms with E-state index in [2.05, 4.69) is 40.9 Å².